The maximum atomic E-state index is 11.6. The molecule has 0 aromatic heterocycles. The smallest absolute Gasteiger partial charge is 0.251 e. The minimum absolute atomic E-state index is 0.0949. The average Bonchev–Trinajstić information content (AvgIpc) is 2.49. The summed E-state index contributed by atoms with van der Waals surface area (Å²) in [6, 6.07) is 11.1. The van der Waals surface area contributed by atoms with Crippen molar-refractivity contribution in [1.29, 1.82) is 0 Å². The summed E-state index contributed by atoms with van der Waals surface area (Å²) in [5.74, 6) is -0.0949. The molecule has 1 amide bonds. The highest BCUT2D eigenvalue weighted by atomic mass is 35.5. The first-order chi connectivity index (χ1) is 10.0. The Morgan fingerprint density at radius 1 is 1.19 bits per heavy atom. The van der Waals surface area contributed by atoms with E-state index in [0.717, 1.165) is 16.8 Å². The number of carbonyl (C=O) groups is 1. The van der Waals surface area contributed by atoms with Crippen molar-refractivity contribution in [3.05, 3.63) is 63.1 Å². The fraction of sp³-hybridized carbons (Fsp3) is 0.188. The van der Waals surface area contributed by atoms with E-state index in [1.807, 2.05) is 31.2 Å². The lowest BCUT2D eigenvalue weighted by Crippen LogP contribution is -2.17. The van der Waals surface area contributed by atoms with Crippen LogP contribution in [0.15, 0.2) is 36.4 Å². The summed E-state index contributed by atoms with van der Waals surface area (Å²) < 4.78 is 0. The van der Waals surface area contributed by atoms with Crippen LogP contribution in [0, 0.1) is 6.92 Å². The summed E-state index contributed by atoms with van der Waals surface area (Å²) in [6.45, 7) is 2.52. The Bertz CT molecular complexity index is 671. The topological polar surface area (TPSA) is 41.1 Å². The predicted molar refractivity (Wildman–Crippen MR) is 88.4 cm³/mol. The van der Waals surface area contributed by atoms with Gasteiger partial charge in [0, 0.05) is 24.8 Å². The summed E-state index contributed by atoms with van der Waals surface area (Å²) in [5, 5.41) is 7.02. The van der Waals surface area contributed by atoms with Crippen LogP contribution >= 0.6 is 23.2 Å². The van der Waals surface area contributed by atoms with Gasteiger partial charge in [0.1, 0.15) is 0 Å². The van der Waals surface area contributed by atoms with Gasteiger partial charge in [0.05, 0.1) is 10.0 Å². The summed E-state index contributed by atoms with van der Waals surface area (Å²) in [5.41, 5.74) is 3.52. The number of amides is 1. The molecule has 0 fully saturated rings. The second kappa shape index (κ2) is 6.83. The van der Waals surface area contributed by atoms with Gasteiger partial charge in [0.25, 0.3) is 5.91 Å². The Morgan fingerprint density at radius 3 is 2.62 bits per heavy atom. The van der Waals surface area contributed by atoms with Gasteiger partial charge in [-0.3, -0.25) is 4.79 Å². The molecule has 110 valence electrons. The Labute approximate surface area is 134 Å². The molecule has 0 saturated heterocycles. The molecule has 0 radical (unpaired) electrons. The molecule has 0 aliphatic heterocycles. The SMILES string of the molecule is CNC(=O)c1ccc(NCc2cccc(Cl)c2Cl)c(C)c1. The number of hydrogen-bond donors (Lipinski definition) is 2. The molecule has 3 nitrogen and oxygen atoms in total. The average molecular weight is 323 g/mol. The van der Waals surface area contributed by atoms with Crippen LogP contribution in [0.2, 0.25) is 10.0 Å². The van der Waals surface area contributed by atoms with E-state index in [-0.39, 0.29) is 5.91 Å². The van der Waals surface area contributed by atoms with E-state index < -0.39 is 0 Å². The van der Waals surface area contributed by atoms with Gasteiger partial charge in [-0.1, -0.05) is 35.3 Å². The van der Waals surface area contributed by atoms with Crippen molar-refractivity contribution in [2.24, 2.45) is 0 Å². The molecule has 5 heteroatoms. The van der Waals surface area contributed by atoms with Crippen LogP contribution in [-0.2, 0) is 6.54 Å². The molecule has 0 saturated carbocycles. The van der Waals surface area contributed by atoms with Crippen molar-refractivity contribution in [3.63, 3.8) is 0 Å². The third-order valence-corrected chi connectivity index (χ3v) is 4.07. The second-order valence-electron chi connectivity index (χ2n) is 4.68. The first-order valence-electron chi connectivity index (χ1n) is 6.52. The van der Waals surface area contributed by atoms with Crippen LogP contribution in [0.1, 0.15) is 21.5 Å². The van der Waals surface area contributed by atoms with E-state index in [0.29, 0.717) is 22.2 Å². The fourth-order valence-electron chi connectivity index (χ4n) is 2.02. The minimum Gasteiger partial charge on any atom is -0.381 e. The Balaban J connectivity index is 2.13. The zero-order valence-corrected chi connectivity index (χ0v) is 13.3. The molecule has 21 heavy (non-hydrogen) atoms. The monoisotopic (exact) mass is 322 g/mol. The summed E-state index contributed by atoms with van der Waals surface area (Å²) in [4.78, 5) is 11.6. The lowest BCUT2D eigenvalue weighted by molar-refractivity contribution is 0.0963. The molecule has 0 aliphatic carbocycles. The van der Waals surface area contributed by atoms with Gasteiger partial charge in [0.15, 0.2) is 0 Å². The van der Waals surface area contributed by atoms with Crippen molar-refractivity contribution in [3.8, 4) is 0 Å². The van der Waals surface area contributed by atoms with Gasteiger partial charge < -0.3 is 10.6 Å². The standard InChI is InChI=1S/C16H16Cl2N2O/c1-10-8-11(16(21)19-2)6-7-14(10)20-9-12-4-3-5-13(17)15(12)18/h3-8,20H,9H2,1-2H3,(H,19,21). The predicted octanol–water partition coefficient (Wildman–Crippen LogP) is 4.27. The first kappa shape index (κ1) is 15.7. The summed E-state index contributed by atoms with van der Waals surface area (Å²) >= 11 is 12.2. The van der Waals surface area contributed by atoms with Gasteiger partial charge in [-0.2, -0.15) is 0 Å². The van der Waals surface area contributed by atoms with Crippen LogP contribution in [0.4, 0.5) is 5.69 Å². The van der Waals surface area contributed by atoms with E-state index >= 15 is 0 Å². The van der Waals surface area contributed by atoms with E-state index in [1.165, 1.54) is 0 Å². The molecule has 2 aromatic carbocycles. The molecule has 0 heterocycles. The molecular formula is C16H16Cl2N2O. The number of nitrogens with one attached hydrogen (secondary N) is 2. The third-order valence-electron chi connectivity index (χ3n) is 3.22. The van der Waals surface area contributed by atoms with Crippen LogP contribution in [-0.4, -0.2) is 13.0 Å². The van der Waals surface area contributed by atoms with Crippen molar-refractivity contribution >= 4 is 34.8 Å². The molecular weight excluding hydrogens is 307 g/mol. The van der Waals surface area contributed by atoms with Crippen LogP contribution < -0.4 is 10.6 Å². The summed E-state index contributed by atoms with van der Waals surface area (Å²) in [7, 11) is 1.62. The zero-order chi connectivity index (χ0) is 15.4. The summed E-state index contributed by atoms with van der Waals surface area (Å²) in [6.07, 6.45) is 0. The second-order valence-corrected chi connectivity index (χ2v) is 5.46. The number of rotatable bonds is 4. The number of carbonyl (C=O) groups excluding carboxylic acids is 1. The molecule has 2 aromatic rings. The maximum absolute atomic E-state index is 11.6. The van der Waals surface area contributed by atoms with Gasteiger partial charge >= 0.3 is 0 Å². The molecule has 0 aliphatic rings. The highest BCUT2D eigenvalue weighted by Gasteiger charge is 2.07. The largest absolute Gasteiger partial charge is 0.381 e. The lowest BCUT2D eigenvalue weighted by atomic mass is 10.1. The van der Waals surface area contributed by atoms with E-state index in [4.69, 9.17) is 23.2 Å². The zero-order valence-electron chi connectivity index (χ0n) is 11.8. The quantitative estimate of drug-likeness (QED) is 0.882. The third kappa shape index (κ3) is 3.69. The molecule has 0 spiro atoms. The lowest BCUT2D eigenvalue weighted by Gasteiger charge is -2.12. The van der Waals surface area contributed by atoms with E-state index in [1.54, 1.807) is 19.2 Å². The number of anilines is 1. The maximum Gasteiger partial charge on any atom is 0.251 e. The highest BCUT2D eigenvalue weighted by Crippen LogP contribution is 2.26. The van der Waals surface area contributed by atoms with Crippen LogP contribution in [0.3, 0.4) is 0 Å². The Hall–Kier alpha value is -1.71. The van der Waals surface area contributed by atoms with Crippen molar-refractivity contribution in [1.82, 2.24) is 5.32 Å². The Morgan fingerprint density at radius 2 is 1.95 bits per heavy atom. The highest BCUT2D eigenvalue weighted by molar-refractivity contribution is 6.42. The first-order valence-corrected chi connectivity index (χ1v) is 7.28. The van der Waals surface area contributed by atoms with Crippen molar-refractivity contribution in [2.75, 3.05) is 12.4 Å². The molecule has 2 rings (SSSR count). The molecule has 0 unspecified atom stereocenters. The Kier molecular flexibility index (Phi) is 5.10. The molecule has 0 atom stereocenters. The molecule has 0 bridgehead atoms. The van der Waals surface area contributed by atoms with Gasteiger partial charge in [-0.15, -0.1) is 0 Å². The molecule has 2 N–H and O–H groups in total. The normalized spacial score (nSPS) is 10.3. The van der Waals surface area contributed by atoms with Gasteiger partial charge in [-0.05, 0) is 42.3 Å². The van der Waals surface area contributed by atoms with E-state index in [9.17, 15) is 4.79 Å². The number of halogens is 2. The van der Waals surface area contributed by atoms with Crippen molar-refractivity contribution in [2.45, 2.75) is 13.5 Å². The van der Waals surface area contributed by atoms with Crippen LogP contribution in [0.5, 0.6) is 0 Å². The minimum atomic E-state index is -0.0949. The number of benzene rings is 2. The number of hydrogen-bond acceptors (Lipinski definition) is 2. The van der Waals surface area contributed by atoms with Crippen LogP contribution in [0.25, 0.3) is 0 Å². The number of aryl methyl sites for hydroxylation is 1. The fourth-order valence-corrected chi connectivity index (χ4v) is 2.41. The van der Waals surface area contributed by atoms with Crippen molar-refractivity contribution < 1.29 is 4.79 Å². The van der Waals surface area contributed by atoms with E-state index in [2.05, 4.69) is 10.6 Å². The van der Waals surface area contributed by atoms with Gasteiger partial charge in [-0.25, -0.2) is 0 Å². The van der Waals surface area contributed by atoms with Gasteiger partial charge in [0.2, 0.25) is 0 Å².